The summed E-state index contributed by atoms with van der Waals surface area (Å²) < 4.78 is 0. The molecule has 2 amide bonds. The maximum atomic E-state index is 12.7. The molecule has 5 heteroatoms. The van der Waals surface area contributed by atoms with Gasteiger partial charge in [0, 0.05) is 31.7 Å². The normalized spacial score (nSPS) is 11.0. The van der Waals surface area contributed by atoms with Crippen molar-refractivity contribution in [3.63, 3.8) is 0 Å². The lowest BCUT2D eigenvalue weighted by atomic mass is 9.90. The molecule has 0 aliphatic carbocycles. The van der Waals surface area contributed by atoms with Crippen molar-refractivity contribution < 1.29 is 9.59 Å². The van der Waals surface area contributed by atoms with Crippen molar-refractivity contribution in [3.8, 4) is 0 Å². The molecule has 5 nitrogen and oxygen atoms in total. The lowest BCUT2D eigenvalue weighted by Crippen LogP contribution is -2.46. The zero-order valence-corrected chi connectivity index (χ0v) is 15.2. The van der Waals surface area contributed by atoms with Gasteiger partial charge in [-0.25, -0.2) is 0 Å². The number of likely N-dealkylation sites (N-methyl/N-ethyl adjacent to an activating group) is 1. The van der Waals surface area contributed by atoms with E-state index in [1.807, 2.05) is 43.3 Å². The molecule has 0 aliphatic heterocycles. The Hall–Kier alpha value is -2.69. The number of carbonyl (C=O) groups is 2. The van der Waals surface area contributed by atoms with Gasteiger partial charge in [0.1, 0.15) is 5.41 Å². The number of nitrogens with one attached hydrogen (secondary N) is 1. The third kappa shape index (κ3) is 4.89. The minimum atomic E-state index is -1.14. The Labute approximate surface area is 149 Å². The molecule has 0 saturated carbocycles. The second kappa shape index (κ2) is 7.92. The van der Waals surface area contributed by atoms with Crippen LogP contribution in [0.3, 0.4) is 0 Å². The van der Waals surface area contributed by atoms with Crippen molar-refractivity contribution >= 4 is 17.5 Å². The third-order valence-corrected chi connectivity index (χ3v) is 4.21. The molecule has 0 fully saturated rings. The van der Waals surface area contributed by atoms with Crippen molar-refractivity contribution in [2.75, 3.05) is 18.9 Å². The molecule has 1 aromatic heterocycles. The smallest absolute Gasteiger partial charge is 0.239 e. The van der Waals surface area contributed by atoms with E-state index in [9.17, 15) is 9.59 Å². The molecule has 0 saturated heterocycles. The van der Waals surface area contributed by atoms with E-state index < -0.39 is 5.41 Å². The predicted molar refractivity (Wildman–Crippen MR) is 99.2 cm³/mol. The number of benzene rings is 1. The van der Waals surface area contributed by atoms with Crippen LogP contribution in [-0.2, 0) is 16.0 Å². The maximum absolute atomic E-state index is 12.7. The van der Waals surface area contributed by atoms with Crippen LogP contribution in [0.4, 0.5) is 5.69 Å². The zero-order valence-electron chi connectivity index (χ0n) is 15.2. The maximum Gasteiger partial charge on any atom is 0.239 e. The molecular weight excluding hydrogens is 314 g/mol. The van der Waals surface area contributed by atoms with Gasteiger partial charge in [-0.1, -0.05) is 12.1 Å². The number of amides is 2. The first-order valence-electron chi connectivity index (χ1n) is 8.33. The van der Waals surface area contributed by atoms with Crippen LogP contribution in [0, 0.1) is 12.3 Å². The van der Waals surface area contributed by atoms with E-state index in [2.05, 4.69) is 10.3 Å². The first-order chi connectivity index (χ1) is 11.8. The van der Waals surface area contributed by atoms with Crippen molar-refractivity contribution in [2.24, 2.45) is 5.41 Å². The number of hydrogen-bond donors (Lipinski definition) is 1. The summed E-state index contributed by atoms with van der Waals surface area (Å²) in [4.78, 5) is 30.9. The molecule has 132 valence electrons. The van der Waals surface area contributed by atoms with Crippen LogP contribution in [0.15, 0.2) is 48.8 Å². The van der Waals surface area contributed by atoms with E-state index in [0.717, 1.165) is 17.5 Å². The first-order valence-corrected chi connectivity index (χ1v) is 8.33. The lowest BCUT2D eigenvalue weighted by Gasteiger charge is -2.28. The molecule has 1 N–H and O–H groups in total. The van der Waals surface area contributed by atoms with Gasteiger partial charge in [-0.2, -0.15) is 0 Å². The molecule has 1 aromatic carbocycles. The summed E-state index contributed by atoms with van der Waals surface area (Å²) in [7, 11) is 1.73. The van der Waals surface area contributed by atoms with Crippen LogP contribution in [0.2, 0.25) is 0 Å². The number of aryl methyl sites for hydroxylation is 1. The number of pyridine rings is 1. The molecule has 0 radical (unpaired) electrons. The number of carbonyl (C=O) groups excluding carboxylic acids is 2. The summed E-state index contributed by atoms with van der Waals surface area (Å²) >= 11 is 0. The summed E-state index contributed by atoms with van der Waals surface area (Å²) in [6.45, 7) is 5.82. The van der Waals surface area contributed by atoms with E-state index >= 15 is 0 Å². The summed E-state index contributed by atoms with van der Waals surface area (Å²) in [6.07, 6.45) is 4.19. The Morgan fingerprint density at radius 1 is 1.16 bits per heavy atom. The lowest BCUT2D eigenvalue weighted by molar-refractivity contribution is -0.145. The van der Waals surface area contributed by atoms with Crippen LogP contribution in [0.5, 0.6) is 0 Å². The van der Waals surface area contributed by atoms with Crippen LogP contribution < -0.4 is 5.32 Å². The van der Waals surface area contributed by atoms with E-state index in [-0.39, 0.29) is 11.8 Å². The molecule has 0 unspecified atom stereocenters. The molecule has 0 atom stereocenters. The van der Waals surface area contributed by atoms with Crippen LogP contribution in [0.25, 0.3) is 0 Å². The van der Waals surface area contributed by atoms with Crippen molar-refractivity contribution in [1.82, 2.24) is 9.88 Å². The van der Waals surface area contributed by atoms with Crippen LogP contribution in [-0.4, -0.2) is 35.3 Å². The molecule has 1 heterocycles. The van der Waals surface area contributed by atoms with Crippen molar-refractivity contribution in [1.29, 1.82) is 0 Å². The van der Waals surface area contributed by atoms with Crippen LogP contribution in [0.1, 0.15) is 25.0 Å². The topological polar surface area (TPSA) is 62.3 Å². The SMILES string of the molecule is Cc1cccc(NC(=O)C(C)(C)C(=O)N(C)CCc2ccncc2)c1. The second-order valence-electron chi connectivity index (χ2n) is 6.78. The zero-order chi connectivity index (χ0) is 18.4. The Morgan fingerprint density at radius 3 is 2.48 bits per heavy atom. The molecular formula is C20H25N3O2. The predicted octanol–water partition coefficient (Wildman–Crippen LogP) is 3.06. The van der Waals surface area contributed by atoms with Crippen LogP contribution >= 0.6 is 0 Å². The highest BCUT2D eigenvalue weighted by Crippen LogP contribution is 2.22. The van der Waals surface area contributed by atoms with Gasteiger partial charge in [-0.05, 0) is 62.6 Å². The molecule has 0 aliphatic rings. The largest absolute Gasteiger partial charge is 0.345 e. The minimum absolute atomic E-state index is 0.202. The second-order valence-corrected chi connectivity index (χ2v) is 6.78. The highest BCUT2D eigenvalue weighted by Gasteiger charge is 2.38. The monoisotopic (exact) mass is 339 g/mol. The highest BCUT2D eigenvalue weighted by atomic mass is 16.2. The number of hydrogen-bond acceptors (Lipinski definition) is 3. The van der Waals surface area contributed by atoms with Gasteiger partial charge >= 0.3 is 0 Å². The van der Waals surface area contributed by atoms with Crippen molar-refractivity contribution in [3.05, 3.63) is 59.9 Å². The molecule has 2 aromatic rings. The Bertz CT molecular complexity index is 742. The third-order valence-electron chi connectivity index (χ3n) is 4.21. The Balaban J connectivity index is 1.98. The van der Waals surface area contributed by atoms with Gasteiger partial charge in [0.05, 0.1) is 0 Å². The molecule has 0 spiro atoms. The Kier molecular flexibility index (Phi) is 5.91. The first kappa shape index (κ1) is 18.6. The van der Waals surface area contributed by atoms with Gasteiger partial charge in [-0.3, -0.25) is 14.6 Å². The highest BCUT2D eigenvalue weighted by molar-refractivity contribution is 6.09. The van der Waals surface area contributed by atoms with E-state index in [1.54, 1.807) is 38.2 Å². The quantitative estimate of drug-likeness (QED) is 0.823. The average molecular weight is 339 g/mol. The fourth-order valence-corrected chi connectivity index (χ4v) is 2.53. The van der Waals surface area contributed by atoms with E-state index in [0.29, 0.717) is 12.2 Å². The summed E-state index contributed by atoms with van der Waals surface area (Å²) in [5.41, 5.74) is 1.72. The van der Waals surface area contributed by atoms with Crippen molar-refractivity contribution in [2.45, 2.75) is 27.2 Å². The minimum Gasteiger partial charge on any atom is -0.345 e. The van der Waals surface area contributed by atoms with E-state index in [1.165, 1.54) is 0 Å². The number of rotatable bonds is 6. The Morgan fingerprint density at radius 2 is 1.84 bits per heavy atom. The van der Waals surface area contributed by atoms with Gasteiger partial charge in [0.25, 0.3) is 0 Å². The van der Waals surface area contributed by atoms with Gasteiger partial charge in [0.15, 0.2) is 0 Å². The fraction of sp³-hybridized carbons (Fsp3) is 0.350. The number of aromatic nitrogens is 1. The molecule has 0 bridgehead atoms. The summed E-state index contributed by atoms with van der Waals surface area (Å²) in [6, 6.07) is 11.4. The molecule has 25 heavy (non-hydrogen) atoms. The fourth-order valence-electron chi connectivity index (χ4n) is 2.53. The number of anilines is 1. The number of nitrogens with zero attached hydrogens (tertiary/aromatic N) is 2. The standard InChI is InChI=1S/C20H25N3O2/c1-15-6-5-7-17(14-15)22-18(24)20(2,3)19(25)23(4)13-10-16-8-11-21-12-9-16/h5-9,11-12,14H,10,13H2,1-4H3,(H,22,24). The molecule has 2 rings (SSSR count). The van der Waals surface area contributed by atoms with Gasteiger partial charge in [0.2, 0.25) is 11.8 Å². The summed E-state index contributed by atoms with van der Waals surface area (Å²) in [5.74, 6) is -0.509. The van der Waals surface area contributed by atoms with Gasteiger partial charge in [-0.15, -0.1) is 0 Å². The summed E-state index contributed by atoms with van der Waals surface area (Å²) in [5, 5.41) is 2.84. The average Bonchev–Trinajstić information content (AvgIpc) is 2.59. The van der Waals surface area contributed by atoms with E-state index in [4.69, 9.17) is 0 Å². The van der Waals surface area contributed by atoms with Gasteiger partial charge < -0.3 is 10.2 Å².